The highest BCUT2D eigenvalue weighted by Crippen LogP contribution is 2.18. The minimum Gasteiger partial charge on any atom is -0.452 e. The van der Waals surface area contributed by atoms with Crippen LogP contribution in [0.25, 0.3) is 0 Å². The van der Waals surface area contributed by atoms with Crippen LogP contribution in [0.1, 0.15) is 38.2 Å². The van der Waals surface area contributed by atoms with Crippen molar-refractivity contribution < 1.29 is 22.7 Å². The molecule has 144 valence electrons. The summed E-state index contributed by atoms with van der Waals surface area (Å²) in [6.45, 7) is 2.88. The summed E-state index contributed by atoms with van der Waals surface area (Å²) in [6.07, 6.45) is 3.08. The first-order chi connectivity index (χ1) is 12.2. The zero-order valence-electron chi connectivity index (χ0n) is 15.4. The molecular weight excluding hydrogens is 356 g/mol. The van der Waals surface area contributed by atoms with E-state index in [1.807, 2.05) is 6.92 Å². The predicted octanol–water partition coefficient (Wildman–Crippen LogP) is 1.61. The Morgan fingerprint density at radius 1 is 1.23 bits per heavy atom. The zero-order valence-corrected chi connectivity index (χ0v) is 16.2. The van der Waals surface area contributed by atoms with Gasteiger partial charge in [-0.15, -0.1) is 0 Å². The van der Waals surface area contributed by atoms with Crippen molar-refractivity contribution in [1.82, 2.24) is 9.62 Å². The van der Waals surface area contributed by atoms with Gasteiger partial charge in [-0.2, -0.15) is 4.31 Å². The smallest absolute Gasteiger partial charge is 0.322 e. The Bertz CT molecular complexity index is 739. The number of carbonyl (C=O) groups excluding carboxylic acids is 2. The minimum absolute atomic E-state index is 0.102. The van der Waals surface area contributed by atoms with Crippen LogP contribution in [0.15, 0.2) is 29.2 Å². The van der Waals surface area contributed by atoms with Gasteiger partial charge < -0.3 is 10.1 Å². The van der Waals surface area contributed by atoms with Gasteiger partial charge in [-0.1, -0.05) is 30.5 Å². The fourth-order valence-corrected chi connectivity index (χ4v) is 3.95. The van der Waals surface area contributed by atoms with Gasteiger partial charge in [-0.05, 0) is 38.8 Å². The molecule has 1 atom stereocenters. The fourth-order valence-electron chi connectivity index (χ4n) is 2.83. The third kappa shape index (κ3) is 5.28. The highest BCUT2D eigenvalue weighted by molar-refractivity contribution is 7.89. The van der Waals surface area contributed by atoms with Gasteiger partial charge in [0.2, 0.25) is 10.0 Å². The van der Waals surface area contributed by atoms with Crippen molar-refractivity contribution in [3.63, 3.8) is 0 Å². The molecule has 1 amide bonds. The van der Waals surface area contributed by atoms with Crippen molar-refractivity contribution in [2.24, 2.45) is 0 Å². The van der Waals surface area contributed by atoms with Crippen molar-refractivity contribution in [1.29, 1.82) is 0 Å². The van der Waals surface area contributed by atoms with E-state index in [0.29, 0.717) is 0 Å². The average Bonchev–Trinajstić information content (AvgIpc) is 3.07. The topological polar surface area (TPSA) is 92.8 Å². The summed E-state index contributed by atoms with van der Waals surface area (Å²) in [6, 6.07) is 6.49. The number of nitrogens with one attached hydrogen (secondary N) is 1. The maximum atomic E-state index is 12.5. The summed E-state index contributed by atoms with van der Waals surface area (Å²) in [5, 5.41) is 2.85. The van der Waals surface area contributed by atoms with Crippen molar-refractivity contribution in [2.75, 3.05) is 13.6 Å². The van der Waals surface area contributed by atoms with Crippen LogP contribution in [0.4, 0.5) is 0 Å². The lowest BCUT2D eigenvalue weighted by Crippen LogP contribution is -2.42. The molecule has 1 fully saturated rings. The first-order valence-corrected chi connectivity index (χ1v) is 10.2. The van der Waals surface area contributed by atoms with Crippen LogP contribution in [-0.4, -0.2) is 50.3 Å². The monoisotopic (exact) mass is 382 g/mol. The van der Waals surface area contributed by atoms with Gasteiger partial charge in [0.15, 0.2) is 6.10 Å². The Morgan fingerprint density at radius 3 is 2.38 bits per heavy atom. The van der Waals surface area contributed by atoms with Gasteiger partial charge in [0.1, 0.15) is 6.54 Å². The summed E-state index contributed by atoms with van der Waals surface area (Å²) >= 11 is 0. The zero-order chi connectivity index (χ0) is 19.3. The summed E-state index contributed by atoms with van der Waals surface area (Å²) < 4.78 is 30.9. The van der Waals surface area contributed by atoms with Gasteiger partial charge in [-0.25, -0.2) is 8.42 Å². The number of ether oxygens (including phenoxy) is 1. The van der Waals surface area contributed by atoms with Gasteiger partial charge in [0.05, 0.1) is 4.90 Å². The third-order valence-electron chi connectivity index (χ3n) is 4.46. The van der Waals surface area contributed by atoms with E-state index in [0.717, 1.165) is 35.6 Å². The summed E-state index contributed by atoms with van der Waals surface area (Å²) in [7, 11) is -2.49. The molecule has 0 radical (unpaired) electrons. The van der Waals surface area contributed by atoms with Crippen molar-refractivity contribution in [3.05, 3.63) is 29.8 Å². The average molecular weight is 382 g/mol. The van der Waals surface area contributed by atoms with E-state index in [-0.39, 0.29) is 16.8 Å². The number of benzene rings is 1. The van der Waals surface area contributed by atoms with E-state index in [1.54, 1.807) is 12.1 Å². The lowest BCUT2D eigenvalue weighted by atomic mass is 10.2. The third-order valence-corrected chi connectivity index (χ3v) is 6.28. The summed E-state index contributed by atoms with van der Waals surface area (Å²) in [4.78, 5) is 24.2. The molecule has 0 aromatic heterocycles. The second-order valence-electron chi connectivity index (χ2n) is 6.70. The second-order valence-corrected chi connectivity index (χ2v) is 8.74. The first-order valence-electron chi connectivity index (χ1n) is 8.73. The lowest BCUT2D eigenvalue weighted by Gasteiger charge is -2.20. The Labute approximate surface area is 154 Å². The number of hydrogen-bond donors (Lipinski definition) is 1. The Morgan fingerprint density at radius 2 is 1.81 bits per heavy atom. The van der Waals surface area contributed by atoms with Crippen LogP contribution in [-0.2, 0) is 24.3 Å². The van der Waals surface area contributed by atoms with E-state index in [2.05, 4.69) is 5.32 Å². The number of carbonyl (C=O) groups is 2. The van der Waals surface area contributed by atoms with Gasteiger partial charge >= 0.3 is 5.97 Å². The number of sulfonamides is 1. The molecule has 8 heteroatoms. The van der Waals surface area contributed by atoms with Gasteiger partial charge in [-0.3, -0.25) is 9.59 Å². The molecule has 2 rings (SSSR count). The predicted molar refractivity (Wildman–Crippen MR) is 96.9 cm³/mol. The van der Waals surface area contributed by atoms with Crippen molar-refractivity contribution >= 4 is 21.9 Å². The van der Waals surface area contributed by atoms with Gasteiger partial charge in [0.25, 0.3) is 5.91 Å². The van der Waals surface area contributed by atoms with Crippen LogP contribution in [0, 0.1) is 6.92 Å². The minimum atomic E-state index is -3.79. The number of esters is 1. The number of likely N-dealkylation sites (N-methyl/N-ethyl adjacent to an activating group) is 1. The molecule has 1 aliphatic carbocycles. The normalized spacial score (nSPS) is 16.5. The number of hydrogen-bond acceptors (Lipinski definition) is 5. The fraction of sp³-hybridized carbons (Fsp3) is 0.556. The largest absolute Gasteiger partial charge is 0.452 e. The molecule has 1 aliphatic rings. The molecule has 0 heterocycles. The molecule has 1 aromatic carbocycles. The first kappa shape index (κ1) is 20.4. The number of aryl methyl sites for hydroxylation is 1. The highest BCUT2D eigenvalue weighted by atomic mass is 32.2. The van der Waals surface area contributed by atoms with E-state index in [4.69, 9.17) is 4.74 Å². The SMILES string of the molecule is Cc1ccc(S(=O)(=O)N(C)CC(=O)OC(C)C(=O)NC2CCCC2)cc1. The summed E-state index contributed by atoms with van der Waals surface area (Å²) in [5.41, 5.74) is 0.938. The standard InChI is InChI=1S/C18H26N2O5S/c1-13-8-10-16(11-9-13)26(23,24)20(3)12-17(21)25-14(2)18(22)19-15-6-4-5-7-15/h8-11,14-15H,4-7,12H2,1-3H3,(H,19,22). The molecule has 1 saturated carbocycles. The molecule has 1 aromatic rings. The number of rotatable bonds is 7. The van der Waals surface area contributed by atoms with Crippen LogP contribution in [0.3, 0.4) is 0 Å². The molecule has 0 saturated heterocycles. The molecular formula is C18H26N2O5S. The van der Waals surface area contributed by atoms with Gasteiger partial charge in [0, 0.05) is 13.1 Å². The Hall–Kier alpha value is -1.93. The van der Waals surface area contributed by atoms with E-state index in [9.17, 15) is 18.0 Å². The van der Waals surface area contributed by atoms with Crippen LogP contribution in [0.2, 0.25) is 0 Å². The second kappa shape index (κ2) is 8.64. The van der Waals surface area contributed by atoms with Crippen molar-refractivity contribution in [3.8, 4) is 0 Å². The molecule has 1 unspecified atom stereocenters. The Balaban J connectivity index is 1.89. The Kier molecular flexibility index (Phi) is 6.77. The number of nitrogens with zero attached hydrogens (tertiary/aromatic N) is 1. The quantitative estimate of drug-likeness (QED) is 0.723. The van der Waals surface area contributed by atoms with Crippen LogP contribution < -0.4 is 5.32 Å². The number of amides is 1. The lowest BCUT2D eigenvalue weighted by molar-refractivity contribution is -0.155. The summed E-state index contributed by atoms with van der Waals surface area (Å²) in [5.74, 6) is -1.12. The molecule has 7 nitrogen and oxygen atoms in total. The van der Waals surface area contributed by atoms with E-state index < -0.39 is 28.6 Å². The molecule has 0 spiro atoms. The molecule has 0 aliphatic heterocycles. The maximum absolute atomic E-state index is 12.5. The van der Waals surface area contributed by atoms with E-state index >= 15 is 0 Å². The van der Waals surface area contributed by atoms with E-state index in [1.165, 1.54) is 26.1 Å². The van der Waals surface area contributed by atoms with Crippen LogP contribution >= 0.6 is 0 Å². The maximum Gasteiger partial charge on any atom is 0.322 e. The molecule has 26 heavy (non-hydrogen) atoms. The molecule has 1 N–H and O–H groups in total. The van der Waals surface area contributed by atoms with Crippen molar-refractivity contribution in [2.45, 2.75) is 56.6 Å². The van der Waals surface area contributed by atoms with Crippen LogP contribution in [0.5, 0.6) is 0 Å². The highest BCUT2D eigenvalue weighted by Gasteiger charge is 2.26. The molecule has 0 bridgehead atoms.